The largest absolute Gasteiger partial charge is 0.417 e. The van der Waals surface area contributed by atoms with Crippen molar-refractivity contribution in [3.05, 3.63) is 53.5 Å². The average Bonchev–Trinajstić information content (AvgIpc) is 2.92. The van der Waals surface area contributed by atoms with Gasteiger partial charge in [0.2, 0.25) is 5.91 Å². The number of carbonyl (C=O) groups is 1. The molecule has 0 bridgehead atoms. The van der Waals surface area contributed by atoms with E-state index in [1.54, 1.807) is 0 Å². The Bertz CT molecular complexity index is 915. The Labute approximate surface area is 126 Å². The highest BCUT2D eigenvalue weighted by molar-refractivity contribution is 6.01. The van der Waals surface area contributed by atoms with Gasteiger partial charge < -0.3 is 5.73 Å². The summed E-state index contributed by atoms with van der Waals surface area (Å²) in [4.78, 5) is 11.5. The van der Waals surface area contributed by atoms with E-state index in [1.807, 2.05) is 0 Å². The maximum absolute atomic E-state index is 13.5. The Hall–Kier alpha value is -2.90. The number of aromatic nitrogens is 2. The number of alkyl halides is 3. The first-order valence-electron chi connectivity index (χ1n) is 6.41. The number of amides is 1. The highest BCUT2D eigenvalue weighted by atomic mass is 19.4. The number of hydrogen-bond donors (Lipinski definition) is 2. The zero-order valence-electron chi connectivity index (χ0n) is 11.4. The minimum Gasteiger partial charge on any atom is -0.366 e. The molecule has 1 heterocycles. The normalized spacial score (nSPS) is 11.8. The summed E-state index contributed by atoms with van der Waals surface area (Å²) in [5.74, 6) is -2.32. The number of rotatable bonds is 2. The first-order valence-corrected chi connectivity index (χ1v) is 6.41. The zero-order chi connectivity index (χ0) is 16.8. The third kappa shape index (κ3) is 2.63. The Balaban J connectivity index is 2.37. The van der Waals surface area contributed by atoms with E-state index in [0.29, 0.717) is 23.0 Å². The molecule has 1 aromatic heterocycles. The van der Waals surface area contributed by atoms with Crippen LogP contribution in [0, 0.1) is 5.82 Å². The van der Waals surface area contributed by atoms with Crippen LogP contribution in [0.4, 0.5) is 17.6 Å². The molecule has 118 valence electrons. The predicted octanol–water partition coefficient (Wildman–Crippen LogP) is 3.49. The van der Waals surface area contributed by atoms with Crippen LogP contribution in [0.15, 0.2) is 36.5 Å². The van der Waals surface area contributed by atoms with E-state index in [-0.39, 0.29) is 5.56 Å². The molecule has 1 amide bonds. The van der Waals surface area contributed by atoms with Crippen molar-refractivity contribution in [2.45, 2.75) is 6.18 Å². The molecule has 0 aliphatic rings. The van der Waals surface area contributed by atoms with Gasteiger partial charge in [-0.2, -0.15) is 18.3 Å². The molecule has 23 heavy (non-hydrogen) atoms. The molecule has 0 aliphatic heterocycles. The van der Waals surface area contributed by atoms with Crippen molar-refractivity contribution in [1.29, 1.82) is 0 Å². The minimum atomic E-state index is -4.84. The summed E-state index contributed by atoms with van der Waals surface area (Å²) < 4.78 is 53.3. The van der Waals surface area contributed by atoms with Crippen LogP contribution >= 0.6 is 0 Å². The molecule has 0 saturated carbocycles. The fraction of sp³-hybridized carbons (Fsp3) is 0.0667. The molecule has 3 aromatic rings. The first kappa shape index (κ1) is 15.0. The molecular weight excluding hydrogens is 314 g/mol. The Kier molecular flexibility index (Phi) is 3.32. The lowest BCUT2D eigenvalue weighted by Crippen LogP contribution is -2.17. The summed E-state index contributed by atoms with van der Waals surface area (Å²) in [5, 5.41) is 7.00. The summed E-state index contributed by atoms with van der Waals surface area (Å²) in [5.41, 5.74) is 3.61. The van der Waals surface area contributed by atoms with E-state index >= 15 is 0 Å². The quantitative estimate of drug-likeness (QED) is 0.709. The molecule has 3 rings (SSSR count). The number of carbonyl (C=O) groups excluding carboxylic acids is 1. The zero-order valence-corrected chi connectivity index (χ0v) is 11.4. The van der Waals surface area contributed by atoms with E-state index in [9.17, 15) is 22.4 Å². The lowest BCUT2D eigenvalue weighted by molar-refractivity contribution is -0.137. The van der Waals surface area contributed by atoms with Crippen LogP contribution in [0.2, 0.25) is 0 Å². The summed E-state index contributed by atoms with van der Waals surface area (Å²) in [6, 6.07) is 5.38. The van der Waals surface area contributed by atoms with Crippen molar-refractivity contribution >= 4 is 16.8 Å². The molecular formula is C15H9F4N3O. The standard InChI is InChI=1S/C15H9F4N3O/c16-9-4-10(14(20)23)13(11(5-9)15(17,18)19)7-1-2-12-8(3-7)6-21-22-12/h1-6H,(H2,20,23)(H,21,22). The number of hydrogen-bond acceptors (Lipinski definition) is 2. The third-order valence-corrected chi connectivity index (χ3v) is 3.40. The number of primary amides is 1. The van der Waals surface area contributed by atoms with Gasteiger partial charge in [0.05, 0.1) is 22.8 Å². The SMILES string of the molecule is NC(=O)c1cc(F)cc(C(F)(F)F)c1-c1ccc2[nH]ncc2c1. The van der Waals surface area contributed by atoms with Crippen molar-refractivity contribution in [3.63, 3.8) is 0 Å². The summed E-state index contributed by atoms with van der Waals surface area (Å²) in [6.07, 6.45) is -3.41. The lowest BCUT2D eigenvalue weighted by Gasteiger charge is -2.16. The van der Waals surface area contributed by atoms with Gasteiger partial charge in [0.1, 0.15) is 5.82 Å². The number of H-pyrrole nitrogens is 1. The molecule has 4 nitrogen and oxygen atoms in total. The number of halogens is 4. The topological polar surface area (TPSA) is 71.8 Å². The van der Waals surface area contributed by atoms with E-state index in [4.69, 9.17) is 5.73 Å². The first-order chi connectivity index (χ1) is 10.8. The van der Waals surface area contributed by atoms with Gasteiger partial charge >= 0.3 is 6.18 Å². The Morgan fingerprint density at radius 2 is 1.91 bits per heavy atom. The van der Waals surface area contributed by atoms with Crippen molar-refractivity contribution in [1.82, 2.24) is 10.2 Å². The van der Waals surface area contributed by atoms with Gasteiger partial charge in [-0.25, -0.2) is 4.39 Å². The van der Waals surface area contributed by atoms with Crippen molar-refractivity contribution in [2.24, 2.45) is 5.73 Å². The number of nitrogens with two attached hydrogens (primary N) is 1. The molecule has 0 aliphatic carbocycles. The second-order valence-corrected chi connectivity index (χ2v) is 4.91. The van der Waals surface area contributed by atoms with Gasteiger partial charge in [0.15, 0.2) is 0 Å². The number of aromatic amines is 1. The van der Waals surface area contributed by atoms with Crippen LogP contribution in [0.1, 0.15) is 15.9 Å². The second-order valence-electron chi connectivity index (χ2n) is 4.91. The minimum absolute atomic E-state index is 0.0972. The number of nitrogens with zero attached hydrogens (tertiary/aromatic N) is 1. The van der Waals surface area contributed by atoms with Crippen LogP contribution in [-0.2, 0) is 6.18 Å². The lowest BCUT2D eigenvalue weighted by atomic mass is 9.92. The second kappa shape index (κ2) is 5.08. The molecule has 0 radical (unpaired) electrons. The molecule has 0 spiro atoms. The average molecular weight is 323 g/mol. The van der Waals surface area contributed by atoms with Crippen LogP contribution < -0.4 is 5.73 Å². The fourth-order valence-corrected chi connectivity index (χ4v) is 2.43. The molecule has 8 heteroatoms. The van der Waals surface area contributed by atoms with Crippen LogP contribution in [0.5, 0.6) is 0 Å². The molecule has 0 atom stereocenters. The van der Waals surface area contributed by atoms with Gasteiger partial charge in [-0.15, -0.1) is 0 Å². The summed E-state index contributed by atoms with van der Waals surface area (Å²) in [7, 11) is 0. The third-order valence-electron chi connectivity index (χ3n) is 3.40. The fourth-order valence-electron chi connectivity index (χ4n) is 2.43. The molecule has 3 N–H and O–H groups in total. The molecule has 2 aromatic carbocycles. The van der Waals surface area contributed by atoms with Gasteiger partial charge in [-0.3, -0.25) is 9.89 Å². The smallest absolute Gasteiger partial charge is 0.366 e. The summed E-state index contributed by atoms with van der Waals surface area (Å²) >= 11 is 0. The van der Waals surface area contributed by atoms with Crippen molar-refractivity contribution < 1.29 is 22.4 Å². The maximum atomic E-state index is 13.5. The predicted molar refractivity (Wildman–Crippen MR) is 75.0 cm³/mol. The molecule has 0 unspecified atom stereocenters. The van der Waals surface area contributed by atoms with Gasteiger partial charge in [-0.05, 0) is 29.8 Å². The maximum Gasteiger partial charge on any atom is 0.417 e. The van der Waals surface area contributed by atoms with E-state index in [1.165, 1.54) is 24.4 Å². The highest BCUT2D eigenvalue weighted by Gasteiger charge is 2.36. The van der Waals surface area contributed by atoms with E-state index in [0.717, 1.165) is 0 Å². The number of benzene rings is 2. The van der Waals surface area contributed by atoms with Crippen LogP contribution in [0.3, 0.4) is 0 Å². The Morgan fingerprint density at radius 1 is 1.17 bits per heavy atom. The summed E-state index contributed by atoms with van der Waals surface area (Å²) in [6.45, 7) is 0. The van der Waals surface area contributed by atoms with E-state index in [2.05, 4.69) is 10.2 Å². The van der Waals surface area contributed by atoms with Crippen molar-refractivity contribution in [3.8, 4) is 11.1 Å². The van der Waals surface area contributed by atoms with Gasteiger partial charge in [0.25, 0.3) is 0 Å². The molecule has 0 saturated heterocycles. The van der Waals surface area contributed by atoms with E-state index < -0.39 is 34.6 Å². The van der Waals surface area contributed by atoms with Crippen LogP contribution in [0.25, 0.3) is 22.0 Å². The van der Waals surface area contributed by atoms with Gasteiger partial charge in [0, 0.05) is 10.9 Å². The highest BCUT2D eigenvalue weighted by Crippen LogP contribution is 2.40. The Morgan fingerprint density at radius 3 is 2.57 bits per heavy atom. The van der Waals surface area contributed by atoms with Crippen molar-refractivity contribution in [2.75, 3.05) is 0 Å². The van der Waals surface area contributed by atoms with Gasteiger partial charge in [-0.1, -0.05) is 6.07 Å². The molecule has 0 fully saturated rings. The monoisotopic (exact) mass is 323 g/mol. The number of fused-ring (bicyclic) bond motifs is 1. The van der Waals surface area contributed by atoms with Crippen LogP contribution in [-0.4, -0.2) is 16.1 Å². The number of nitrogens with one attached hydrogen (secondary N) is 1.